The van der Waals surface area contributed by atoms with E-state index in [1.54, 1.807) is 0 Å². The van der Waals surface area contributed by atoms with Crippen LogP contribution in [0.2, 0.25) is 0 Å². The van der Waals surface area contributed by atoms with Gasteiger partial charge in [-0.3, -0.25) is 4.79 Å². The van der Waals surface area contributed by atoms with E-state index in [9.17, 15) is 9.18 Å². The van der Waals surface area contributed by atoms with Crippen molar-refractivity contribution >= 4 is 5.97 Å². The predicted octanol–water partition coefficient (Wildman–Crippen LogP) is 1.07. The minimum Gasteiger partial charge on any atom is -0.493 e. The third kappa shape index (κ3) is 2.72. The second-order valence-electron chi connectivity index (χ2n) is 3.41. The quantitative estimate of drug-likeness (QED) is 0.808. The monoisotopic (exact) mass is 243 g/mol. The molecule has 0 amide bonds. The fraction of sp³-hybridized carbons (Fsp3) is 0.364. The Bertz CT molecular complexity index is 422. The van der Waals surface area contributed by atoms with Crippen LogP contribution in [0, 0.1) is 5.82 Å². The molecule has 17 heavy (non-hydrogen) atoms. The summed E-state index contributed by atoms with van der Waals surface area (Å²) in [6.07, 6.45) is 0. The number of hydrogen-bond acceptors (Lipinski definition) is 4. The van der Waals surface area contributed by atoms with Crippen molar-refractivity contribution < 1.29 is 23.8 Å². The molecular formula is C11H14FNO4. The van der Waals surface area contributed by atoms with Gasteiger partial charge in [-0.05, 0) is 0 Å². The summed E-state index contributed by atoms with van der Waals surface area (Å²) in [6, 6.07) is 1.53. The molecule has 94 valence electrons. The zero-order valence-electron chi connectivity index (χ0n) is 9.57. The molecule has 0 aliphatic rings. The number of benzene rings is 1. The zero-order valence-corrected chi connectivity index (χ0v) is 9.57. The molecule has 5 nitrogen and oxygen atoms in total. The predicted molar refractivity (Wildman–Crippen MR) is 58.2 cm³/mol. The van der Waals surface area contributed by atoms with Crippen LogP contribution in [-0.2, 0) is 16.1 Å². The molecule has 1 unspecified atom stereocenters. The van der Waals surface area contributed by atoms with Gasteiger partial charge < -0.3 is 20.3 Å². The van der Waals surface area contributed by atoms with E-state index in [1.807, 2.05) is 0 Å². The van der Waals surface area contributed by atoms with Gasteiger partial charge in [0.2, 0.25) is 0 Å². The summed E-state index contributed by atoms with van der Waals surface area (Å²) in [5.74, 6) is -2.06. The molecule has 0 bridgehead atoms. The summed E-state index contributed by atoms with van der Waals surface area (Å²) in [6.45, 7) is 0.0742. The van der Waals surface area contributed by atoms with E-state index in [4.69, 9.17) is 20.3 Å². The van der Waals surface area contributed by atoms with Crippen molar-refractivity contribution in [2.75, 3.05) is 14.2 Å². The Morgan fingerprint density at radius 2 is 2.18 bits per heavy atom. The van der Waals surface area contributed by atoms with E-state index >= 15 is 0 Å². The topological polar surface area (TPSA) is 81.8 Å². The van der Waals surface area contributed by atoms with Crippen LogP contribution in [0.15, 0.2) is 12.1 Å². The lowest BCUT2D eigenvalue weighted by atomic mass is 10.0. The van der Waals surface area contributed by atoms with Crippen LogP contribution >= 0.6 is 0 Å². The maximum Gasteiger partial charge on any atom is 0.325 e. The lowest BCUT2D eigenvalue weighted by Gasteiger charge is -2.14. The fourth-order valence-electron chi connectivity index (χ4n) is 1.46. The van der Waals surface area contributed by atoms with Crippen LogP contribution in [0.25, 0.3) is 0 Å². The van der Waals surface area contributed by atoms with E-state index in [0.717, 1.165) is 0 Å². The second-order valence-corrected chi connectivity index (χ2v) is 3.41. The number of halogens is 1. The number of ether oxygens (including phenoxy) is 2. The smallest absolute Gasteiger partial charge is 0.325 e. The largest absolute Gasteiger partial charge is 0.493 e. The highest BCUT2D eigenvalue weighted by Crippen LogP contribution is 2.29. The normalized spacial score (nSPS) is 12.2. The summed E-state index contributed by atoms with van der Waals surface area (Å²) in [5, 5.41) is 8.79. The van der Waals surface area contributed by atoms with Crippen molar-refractivity contribution in [3.63, 3.8) is 0 Å². The van der Waals surface area contributed by atoms with Crippen LogP contribution in [0.5, 0.6) is 5.75 Å². The molecule has 6 heteroatoms. The molecule has 0 aliphatic heterocycles. The molecule has 0 saturated heterocycles. The highest BCUT2D eigenvalue weighted by atomic mass is 19.1. The van der Waals surface area contributed by atoms with Crippen molar-refractivity contribution in [2.45, 2.75) is 12.6 Å². The van der Waals surface area contributed by atoms with Crippen molar-refractivity contribution in [3.05, 3.63) is 29.1 Å². The van der Waals surface area contributed by atoms with Gasteiger partial charge in [0.1, 0.15) is 6.04 Å². The highest BCUT2D eigenvalue weighted by Gasteiger charge is 2.23. The number of rotatable bonds is 5. The van der Waals surface area contributed by atoms with Gasteiger partial charge in [0, 0.05) is 18.2 Å². The first-order valence-corrected chi connectivity index (χ1v) is 4.85. The van der Waals surface area contributed by atoms with Gasteiger partial charge in [-0.2, -0.15) is 0 Å². The molecule has 0 saturated carbocycles. The maximum atomic E-state index is 13.9. The molecule has 1 atom stereocenters. The first-order chi connectivity index (χ1) is 8.02. The molecule has 1 aromatic rings. The van der Waals surface area contributed by atoms with Gasteiger partial charge in [-0.25, -0.2) is 4.39 Å². The number of carboxylic acids is 1. The summed E-state index contributed by atoms with van der Waals surface area (Å²) < 4.78 is 23.6. The van der Waals surface area contributed by atoms with Gasteiger partial charge in [-0.15, -0.1) is 0 Å². The van der Waals surface area contributed by atoms with Gasteiger partial charge >= 0.3 is 5.97 Å². The fourth-order valence-corrected chi connectivity index (χ4v) is 1.46. The van der Waals surface area contributed by atoms with Crippen LogP contribution in [0.4, 0.5) is 4.39 Å². The third-order valence-corrected chi connectivity index (χ3v) is 2.31. The molecule has 1 rings (SSSR count). The average molecular weight is 243 g/mol. The summed E-state index contributed by atoms with van der Waals surface area (Å²) in [5.41, 5.74) is 5.81. The van der Waals surface area contributed by atoms with Crippen molar-refractivity contribution in [3.8, 4) is 5.75 Å². The zero-order chi connectivity index (χ0) is 13.0. The number of carbonyl (C=O) groups is 1. The molecule has 0 aromatic heterocycles. The molecular weight excluding hydrogens is 229 g/mol. The van der Waals surface area contributed by atoms with E-state index in [0.29, 0.717) is 0 Å². The van der Waals surface area contributed by atoms with Gasteiger partial charge in [-0.1, -0.05) is 12.1 Å². The Balaban J connectivity index is 3.25. The molecule has 3 N–H and O–H groups in total. The minimum absolute atomic E-state index is 0.0742. The maximum absolute atomic E-state index is 13.9. The van der Waals surface area contributed by atoms with E-state index in [1.165, 1.54) is 26.4 Å². The number of carboxylic acid groups (broad SMARTS) is 1. The molecule has 0 spiro atoms. The van der Waals surface area contributed by atoms with Crippen molar-refractivity contribution in [2.24, 2.45) is 5.73 Å². The molecule has 0 aliphatic carbocycles. The van der Waals surface area contributed by atoms with Crippen molar-refractivity contribution in [1.82, 2.24) is 0 Å². The molecule has 0 fully saturated rings. The Morgan fingerprint density at radius 1 is 1.53 bits per heavy atom. The third-order valence-electron chi connectivity index (χ3n) is 2.31. The van der Waals surface area contributed by atoms with E-state index in [-0.39, 0.29) is 23.5 Å². The lowest BCUT2D eigenvalue weighted by molar-refractivity contribution is -0.138. The first-order valence-electron chi connectivity index (χ1n) is 4.85. The summed E-state index contributed by atoms with van der Waals surface area (Å²) >= 11 is 0. The second kappa shape index (κ2) is 5.60. The number of aliphatic carboxylic acids is 1. The van der Waals surface area contributed by atoms with Gasteiger partial charge in [0.15, 0.2) is 11.6 Å². The number of hydrogen-bond donors (Lipinski definition) is 2. The SMILES string of the molecule is COCc1ccc(C(N)C(=O)O)c(OC)c1F. The Labute approximate surface area is 97.9 Å². The molecule has 1 aromatic carbocycles. The van der Waals surface area contributed by atoms with Crippen LogP contribution < -0.4 is 10.5 Å². The number of methoxy groups -OCH3 is 2. The van der Waals surface area contributed by atoms with E-state index in [2.05, 4.69) is 0 Å². The Hall–Kier alpha value is -1.66. The van der Waals surface area contributed by atoms with Gasteiger partial charge in [0.25, 0.3) is 0 Å². The Morgan fingerprint density at radius 3 is 2.65 bits per heavy atom. The Kier molecular flexibility index (Phi) is 4.42. The average Bonchev–Trinajstić information content (AvgIpc) is 2.30. The van der Waals surface area contributed by atoms with Gasteiger partial charge in [0.05, 0.1) is 13.7 Å². The first kappa shape index (κ1) is 13.4. The van der Waals surface area contributed by atoms with Crippen molar-refractivity contribution in [1.29, 1.82) is 0 Å². The molecule has 0 heterocycles. The number of nitrogens with two attached hydrogens (primary N) is 1. The van der Waals surface area contributed by atoms with Crippen LogP contribution in [0.3, 0.4) is 0 Å². The minimum atomic E-state index is -1.32. The molecule has 0 radical (unpaired) electrons. The van der Waals surface area contributed by atoms with Crippen LogP contribution in [-0.4, -0.2) is 25.3 Å². The van der Waals surface area contributed by atoms with E-state index < -0.39 is 17.8 Å². The summed E-state index contributed by atoms with van der Waals surface area (Å²) in [4.78, 5) is 10.8. The van der Waals surface area contributed by atoms with Crippen LogP contribution in [0.1, 0.15) is 17.2 Å². The highest BCUT2D eigenvalue weighted by molar-refractivity contribution is 5.76. The lowest BCUT2D eigenvalue weighted by Crippen LogP contribution is -2.22. The summed E-state index contributed by atoms with van der Waals surface area (Å²) in [7, 11) is 2.69. The standard InChI is InChI=1S/C11H14FNO4/c1-16-5-6-3-4-7(9(13)11(14)15)10(17-2)8(6)12/h3-4,9H,5,13H2,1-2H3,(H,14,15).